The lowest BCUT2D eigenvalue weighted by Gasteiger charge is -2.38. The second-order valence-electron chi connectivity index (χ2n) is 9.08. The Labute approximate surface area is 195 Å². The zero-order chi connectivity index (χ0) is 24.0. The number of imide groups is 1. The lowest BCUT2D eigenvalue weighted by molar-refractivity contribution is -0.137. The lowest BCUT2D eigenvalue weighted by atomic mass is 9.80. The molecule has 3 aromatic rings. The van der Waals surface area contributed by atoms with E-state index in [4.69, 9.17) is 0 Å². The summed E-state index contributed by atoms with van der Waals surface area (Å²) in [5.41, 5.74) is 0.271. The zero-order valence-corrected chi connectivity index (χ0v) is 18.7. The van der Waals surface area contributed by atoms with Crippen molar-refractivity contribution in [1.29, 1.82) is 0 Å². The quantitative estimate of drug-likeness (QED) is 0.331. The average Bonchev–Trinajstić information content (AvgIpc) is 3.09. The third-order valence-corrected chi connectivity index (χ3v) is 6.85. The number of fused-ring (bicyclic) bond motifs is 2. The van der Waals surface area contributed by atoms with Crippen LogP contribution in [0.5, 0.6) is 0 Å². The first-order valence-corrected chi connectivity index (χ1v) is 11.2. The molecule has 2 amide bonds. The van der Waals surface area contributed by atoms with Gasteiger partial charge in [0.1, 0.15) is 17.0 Å². The molecule has 0 unspecified atom stereocenters. The summed E-state index contributed by atoms with van der Waals surface area (Å²) in [5.74, 6) is -1.75. The van der Waals surface area contributed by atoms with Crippen LogP contribution in [0.3, 0.4) is 0 Å². The highest BCUT2D eigenvalue weighted by Crippen LogP contribution is 2.36. The van der Waals surface area contributed by atoms with Crippen molar-refractivity contribution in [2.45, 2.75) is 44.6 Å². The largest absolute Gasteiger partial charge is 0.299 e. The summed E-state index contributed by atoms with van der Waals surface area (Å²) in [4.78, 5) is 68.4. The van der Waals surface area contributed by atoms with Gasteiger partial charge in [-0.15, -0.1) is 0 Å². The van der Waals surface area contributed by atoms with E-state index in [9.17, 15) is 24.0 Å². The molecule has 0 radical (unpaired) electrons. The monoisotopic (exact) mass is 454 g/mol. The maximum Gasteiger partial charge on any atom is 0.262 e. The van der Waals surface area contributed by atoms with Crippen molar-refractivity contribution in [3.05, 3.63) is 77.1 Å². The second kappa shape index (κ2) is 8.09. The molecule has 0 bridgehead atoms. The Balaban J connectivity index is 1.34. The Morgan fingerprint density at radius 2 is 1.71 bits per heavy atom. The molecule has 0 spiro atoms. The Bertz CT molecular complexity index is 1410. The summed E-state index contributed by atoms with van der Waals surface area (Å²) in [6.45, 7) is 1.56. The molecule has 34 heavy (non-hydrogen) atoms. The van der Waals surface area contributed by atoms with Crippen molar-refractivity contribution in [1.82, 2.24) is 9.88 Å². The topological polar surface area (TPSA) is 101 Å². The maximum atomic E-state index is 13.2. The summed E-state index contributed by atoms with van der Waals surface area (Å²) in [6, 6.07) is 14.4. The van der Waals surface area contributed by atoms with Crippen LogP contribution in [0.4, 0.5) is 0 Å². The van der Waals surface area contributed by atoms with Gasteiger partial charge in [-0.1, -0.05) is 30.3 Å². The molecule has 1 fully saturated rings. The van der Waals surface area contributed by atoms with Crippen LogP contribution in [0, 0.1) is 0 Å². The number of Topliss-reactive ketones (excluding diaryl/α,β-unsaturated/α-hetero) is 3. The van der Waals surface area contributed by atoms with Crippen LogP contribution in [-0.4, -0.2) is 44.6 Å². The van der Waals surface area contributed by atoms with E-state index in [1.54, 1.807) is 37.4 Å². The fourth-order valence-electron chi connectivity index (χ4n) is 4.73. The number of amides is 2. The Morgan fingerprint density at radius 3 is 2.47 bits per heavy atom. The SMILES string of the molecule is C[C@]1(N2C(=O)c3ccc(CCC(=O)c4cc5ccccc5cn4)cc3C2=O)CCC(=O)CC1=O. The molecule has 2 aliphatic rings. The van der Waals surface area contributed by atoms with Gasteiger partial charge in [-0.05, 0) is 48.9 Å². The van der Waals surface area contributed by atoms with Gasteiger partial charge in [0.25, 0.3) is 11.8 Å². The number of benzene rings is 2. The van der Waals surface area contributed by atoms with Crippen molar-refractivity contribution < 1.29 is 24.0 Å². The molecule has 1 aromatic heterocycles. The van der Waals surface area contributed by atoms with E-state index in [1.807, 2.05) is 24.3 Å². The van der Waals surface area contributed by atoms with Crippen molar-refractivity contribution in [2.75, 3.05) is 0 Å². The lowest BCUT2D eigenvalue weighted by Crippen LogP contribution is -2.57. The summed E-state index contributed by atoms with van der Waals surface area (Å²) in [7, 11) is 0. The van der Waals surface area contributed by atoms with Crippen LogP contribution in [0.2, 0.25) is 0 Å². The molecule has 2 heterocycles. The first-order valence-electron chi connectivity index (χ1n) is 11.2. The molecule has 1 aliphatic heterocycles. The predicted octanol–water partition coefficient (Wildman–Crippen LogP) is 3.73. The normalized spacial score (nSPS) is 20.2. The standard InChI is InChI=1S/C27H22N2O5/c1-27(11-10-19(30)14-24(27)32)29-25(33)20-8-6-16(12-21(20)26(29)34)7-9-23(31)22-13-17-4-2-3-5-18(17)15-28-22/h2-6,8,12-13,15H,7,9-11,14H2,1H3/t27-/m0/s1. The number of carbonyl (C=O) groups excluding carboxylic acids is 5. The molecule has 5 rings (SSSR count). The van der Waals surface area contributed by atoms with Crippen molar-refractivity contribution in [3.63, 3.8) is 0 Å². The van der Waals surface area contributed by atoms with Gasteiger partial charge in [0.05, 0.1) is 17.5 Å². The average molecular weight is 454 g/mol. The third kappa shape index (κ3) is 3.53. The van der Waals surface area contributed by atoms with Gasteiger partial charge in [-0.25, -0.2) is 0 Å². The van der Waals surface area contributed by atoms with Gasteiger partial charge in [0.2, 0.25) is 0 Å². The van der Waals surface area contributed by atoms with Crippen molar-refractivity contribution in [3.8, 4) is 0 Å². The molecule has 2 aromatic carbocycles. The van der Waals surface area contributed by atoms with E-state index in [1.165, 1.54) is 0 Å². The van der Waals surface area contributed by atoms with Crippen molar-refractivity contribution in [2.24, 2.45) is 0 Å². The molecule has 7 nitrogen and oxygen atoms in total. The molecule has 0 N–H and O–H groups in total. The number of aryl methyl sites for hydroxylation is 1. The number of hydrogen-bond donors (Lipinski definition) is 0. The molecule has 170 valence electrons. The number of hydrogen-bond acceptors (Lipinski definition) is 6. The Kier molecular flexibility index (Phi) is 5.20. The van der Waals surface area contributed by atoms with E-state index in [0.29, 0.717) is 12.1 Å². The molecular weight excluding hydrogens is 432 g/mol. The fourth-order valence-corrected chi connectivity index (χ4v) is 4.73. The van der Waals surface area contributed by atoms with Crippen LogP contribution < -0.4 is 0 Å². The van der Waals surface area contributed by atoms with Crippen LogP contribution in [-0.2, 0) is 16.0 Å². The van der Waals surface area contributed by atoms with E-state index in [2.05, 4.69) is 4.98 Å². The Hall–Kier alpha value is -4.00. The number of ketones is 3. The van der Waals surface area contributed by atoms with Gasteiger partial charge in [-0.2, -0.15) is 0 Å². The third-order valence-electron chi connectivity index (χ3n) is 6.85. The summed E-state index contributed by atoms with van der Waals surface area (Å²) < 4.78 is 0. The van der Waals surface area contributed by atoms with Crippen LogP contribution in [0.1, 0.15) is 69.4 Å². The van der Waals surface area contributed by atoms with Crippen LogP contribution >= 0.6 is 0 Å². The summed E-state index contributed by atoms with van der Waals surface area (Å²) in [6.07, 6.45) is 2.29. The first-order chi connectivity index (χ1) is 16.3. The first kappa shape index (κ1) is 21.8. The van der Waals surface area contributed by atoms with E-state index >= 15 is 0 Å². The Morgan fingerprint density at radius 1 is 0.971 bits per heavy atom. The maximum absolute atomic E-state index is 13.2. The molecule has 1 saturated carbocycles. The van der Waals surface area contributed by atoms with Gasteiger partial charge < -0.3 is 0 Å². The second-order valence-corrected chi connectivity index (χ2v) is 9.08. The predicted molar refractivity (Wildman–Crippen MR) is 124 cm³/mol. The number of nitrogens with zero attached hydrogens (tertiary/aromatic N) is 2. The molecule has 1 atom stereocenters. The van der Waals surface area contributed by atoms with Crippen LogP contribution in [0.25, 0.3) is 10.8 Å². The fraction of sp³-hybridized carbons (Fsp3) is 0.259. The highest BCUT2D eigenvalue weighted by molar-refractivity contribution is 6.24. The van der Waals surface area contributed by atoms with Gasteiger partial charge in [0, 0.05) is 24.4 Å². The van der Waals surface area contributed by atoms with Crippen LogP contribution in [0.15, 0.2) is 54.7 Å². The minimum absolute atomic E-state index is 0.111. The van der Waals surface area contributed by atoms with Gasteiger partial charge >= 0.3 is 0 Å². The van der Waals surface area contributed by atoms with E-state index in [-0.39, 0.29) is 48.4 Å². The minimum Gasteiger partial charge on any atom is -0.299 e. The minimum atomic E-state index is -1.32. The zero-order valence-electron chi connectivity index (χ0n) is 18.7. The number of pyridine rings is 1. The van der Waals surface area contributed by atoms with Gasteiger partial charge in [0.15, 0.2) is 11.6 Å². The van der Waals surface area contributed by atoms with Gasteiger partial charge in [-0.3, -0.25) is 33.9 Å². The van der Waals surface area contributed by atoms with Crippen molar-refractivity contribution >= 4 is 39.9 Å². The molecule has 7 heteroatoms. The highest BCUT2D eigenvalue weighted by atomic mass is 16.2. The number of rotatable bonds is 5. The number of aromatic nitrogens is 1. The summed E-state index contributed by atoms with van der Waals surface area (Å²) in [5, 5.41) is 1.90. The van der Waals surface area contributed by atoms with E-state index < -0.39 is 23.1 Å². The van der Waals surface area contributed by atoms with E-state index in [0.717, 1.165) is 21.2 Å². The summed E-state index contributed by atoms with van der Waals surface area (Å²) >= 11 is 0. The molecule has 0 saturated heterocycles. The smallest absolute Gasteiger partial charge is 0.262 e. The number of carbonyl (C=O) groups is 5. The highest BCUT2D eigenvalue weighted by Gasteiger charge is 2.52. The molecular formula is C27H22N2O5. The molecule has 1 aliphatic carbocycles.